The van der Waals surface area contributed by atoms with Gasteiger partial charge in [-0.1, -0.05) is 25.1 Å². The van der Waals surface area contributed by atoms with E-state index in [4.69, 9.17) is 0 Å². The molecule has 1 saturated heterocycles. The summed E-state index contributed by atoms with van der Waals surface area (Å²) in [6.07, 6.45) is 0.784. The van der Waals surface area contributed by atoms with Crippen molar-refractivity contribution in [3.05, 3.63) is 35.6 Å². The molecule has 20 heavy (non-hydrogen) atoms. The van der Waals surface area contributed by atoms with Gasteiger partial charge in [-0.3, -0.25) is 9.59 Å². The summed E-state index contributed by atoms with van der Waals surface area (Å²) in [4.78, 5) is 25.6. The smallest absolute Gasteiger partial charge is 0.245 e. The Morgan fingerprint density at radius 2 is 2.10 bits per heavy atom. The van der Waals surface area contributed by atoms with Gasteiger partial charge in [0.2, 0.25) is 11.8 Å². The first-order valence-electron chi connectivity index (χ1n) is 6.88. The Balaban J connectivity index is 2.28. The zero-order valence-electron chi connectivity index (χ0n) is 11.7. The maximum Gasteiger partial charge on any atom is 0.245 e. The molecule has 0 saturated carbocycles. The van der Waals surface area contributed by atoms with E-state index in [1.807, 2.05) is 6.92 Å². The number of nitrogens with one attached hydrogen (secondary N) is 1. The van der Waals surface area contributed by atoms with Crippen molar-refractivity contribution in [1.29, 1.82) is 0 Å². The highest BCUT2D eigenvalue weighted by atomic mass is 19.1. The molecular formula is C15H19FN2O2. The SMILES string of the molecule is CCC1NC(=O)CCN(C(C)c2ccccc2F)C1=O. The number of hydrogen-bond acceptors (Lipinski definition) is 2. The molecular weight excluding hydrogens is 259 g/mol. The molecule has 2 rings (SSSR count). The molecule has 1 aliphatic rings. The fourth-order valence-corrected chi connectivity index (χ4v) is 2.50. The van der Waals surface area contributed by atoms with Crippen molar-refractivity contribution in [2.45, 2.75) is 38.8 Å². The number of nitrogens with zero attached hydrogens (tertiary/aromatic N) is 1. The Bertz CT molecular complexity index is 518. The fourth-order valence-electron chi connectivity index (χ4n) is 2.50. The maximum atomic E-state index is 13.9. The highest BCUT2D eigenvalue weighted by molar-refractivity contribution is 5.90. The summed E-state index contributed by atoms with van der Waals surface area (Å²) in [5.41, 5.74) is 0.477. The van der Waals surface area contributed by atoms with Gasteiger partial charge in [0.1, 0.15) is 11.9 Å². The van der Waals surface area contributed by atoms with Gasteiger partial charge in [-0.05, 0) is 19.4 Å². The second-order valence-corrected chi connectivity index (χ2v) is 5.01. The maximum absolute atomic E-state index is 13.9. The summed E-state index contributed by atoms with van der Waals surface area (Å²) in [6, 6.07) is 5.53. The summed E-state index contributed by atoms with van der Waals surface area (Å²) in [5.74, 6) is -0.605. The minimum atomic E-state index is -0.515. The van der Waals surface area contributed by atoms with Crippen LogP contribution in [0.1, 0.15) is 38.3 Å². The van der Waals surface area contributed by atoms with Crippen LogP contribution >= 0.6 is 0 Å². The Kier molecular flexibility index (Phi) is 4.37. The van der Waals surface area contributed by atoms with E-state index < -0.39 is 6.04 Å². The van der Waals surface area contributed by atoms with Gasteiger partial charge in [-0.25, -0.2) is 4.39 Å². The Labute approximate surface area is 118 Å². The molecule has 1 aromatic carbocycles. The lowest BCUT2D eigenvalue weighted by atomic mass is 10.0. The Morgan fingerprint density at radius 3 is 2.75 bits per heavy atom. The van der Waals surface area contributed by atoms with Crippen LogP contribution in [-0.4, -0.2) is 29.3 Å². The first kappa shape index (κ1) is 14.5. The van der Waals surface area contributed by atoms with E-state index in [1.54, 1.807) is 30.0 Å². The number of rotatable bonds is 3. The van der Waals surface area contributed by atoms with Gasteiger partial charge in [-0.15, -0.1) is 0 Å². The topological polar surface area (TPSA) is 49.4 Å². The van der Waals surface area contributed by atoms with Crippen LogP contribution in [-0.2, 0) is 9.59 Å². The van der Waals surface area contributed by atoms with Crippen molar-refractivity contribution in [2.24, 2.45) is 0 Å². The van der Waals surface area contributed by atoms with E-state index in [-0.39, 0.29) is 30.1 Å². The molecule has 4 nitrogen and oxygen atoms in total. The molecule has 5 heteroatoms. The lowest BCUT2D eigenvalue weighted by molar-refractivity contribution is -0.135. The van der Waals surface area contributed by atoms with E-state index in [0.717, 1.165) is 0 Å². The largest absolute Gasteiger partial charge is 0.344 e. The molecule has 0 aliphatic carbocycles. The van der Waals surface area contributed by atoms with Gasteiger partial charge in [0.15, 0.2) is 0 Å². The van der Waals surface area contributed by atoms with E-state index in [0.29, 0.717) is 18.5 Å². The fraction of sp³-hybridized carbons (Fsp3) is 0.467. The average molecular weight is 278 g/mol. The molecule has 2 atom stereocenters. The minimum absolute atomic E-state index is 0.131. The summed E-state index contributed by atoms with van der Waals surface area (Å²) in [7, 11) is 0. The second-order valence-electron chi connectivity index (χ2n) is 5.01. The summed E-state index contributed by atoms with van der Waals surface area (Å²) >= 11 is 0. The van der Waals surface area contributed by atoms with Crippen LogP contribution in [0.4, 0.5) is 4.39 Å². The monoisotopic (exact) mass is 278 g/mol. The van der Waals surface area contributed by atoms with Crippen molar-refractivity contribution in [1.82, 2.24) is 10.2 Å². The summed E-state index contributed by atoms with van der Waals surface area (Å²) in [5, 5.41) is 2.71. The number of benzene rings is 1. The molecule has 1 N–H and O–H groups in total. The summed E-state index contributed by atoms with van der Waals surface area (Å²) < 4.78 is 13.9. The third kappa shape index (κ3) is 2.81. The molecule has 1 aromatic rings. The highest BCUT2D eigenvalue weighted by Crippen LogP contribution is 2.25. The number of halogens is 1. The van der Waals surface area contributed by atoms with Crippen LogP contribution in [0.2, 0.25) is 0 Å². The van der Waals surface area contributed by atoms with Crippen molar-refractivity contribution in [2.75, 3.05) is 6.54 Å². The van der Waals surface area contributed by atoms with E-state index in [9.17, 15) is 14.0 Å². The van der Waals surface area contributed by atoms with Crippen molar-refractivity contribution >= 4 is 11.8 Å². The van der Waals surface area contributed by atoms with Crippen LogP contribution in [0.3, 0.4) is 0 Å². The number of amides is 2. The van der Waals surface area contributed by atoms with Crippen LogP contribution in [0.25, 0.3) is 0 Å². The minimum Gasteiger partial charge on any atom is -0.344 e. The quantitative estimate of drug-likeness (QED) is 0.919. The highest BCUT2D eigenvalue weighted by Gasteiger charge is 2.32. The van der Waals surface area contributed by atoms with Gasteiger partial charge in [0.05, 0.1) is 6.04 Å². The van der Waals surface area contributed by atoms with Crippen molar-refractivity contribution in [3.8, 4) is 0 Å². The van der Waals surface area contributed by atoms with Crippen molar-refractivity contribution < 1.29 is 14.0 Å². The molecule has 1 heterocycles. The predicted molar refractivity (Wildman–Crippen MR) is 73.4 cm³/mol. The lowest BCUT2D eigenvalue weighted by Gasteiger charge is -2.30. The van der Waals surface area contributed by atoms with Gasteiger partial charge < -0.3 is 10.2 Å². The lowest BCUT2D eigenvalue weighted by Crippen LogP contribution is -2.45. The Hall–Kier alpha value is -1.91. The molecule has 1 fully saturated rings. The van der Waals surface area contributed by atoms with Crippen LogP contribution < -0.4 is 5.32 Å². The first-order valence-corrected chi connectivity index (χ1v) is 6.88. The number of carbonyl (C=O) groups excluding carboxylic acids is 2. The van der Waals surface area contributed by atoms with Gasteiger partial charge in [0.25, 0.3) is 0 Å². The number of hydrogen-bond donors (Lipinski definition) is 1. The van der Waals surface area contributed by atoms with Crippen LogP contribution in [0.15, 0.2) is 24.3 Å². The van der Waals surface area contributed by atoms with Crippen molar-refractivity contribution in [3.63, 3.8) is 0 Å². The third-order valence-corrected chi connectivity index (χ3v) is 3.73. The molecule has 0 spiro atoms. The second kappa shape index (κ2) is 6.03. The molecule has 0 aromatic heterocycles. The molecule has 1 aliphatic heterocycles. The zero-order valence-corrected chi connectivity index (χ0v) is 11.7. The van der Waals surface area contributed by atoms with Gasteiger partial charge >= 0.3 is 0 Å². The molecule has 108 valence electrons. The molecule has 2 amide bonds. The first-order chi connectivity index (χ1) is 9.54. The van der Waals surface area contributed by atoms with Crippen LogP contribution in [0.5, 0.6) is 0 Å². The number of carbonyl (C=O) groups is 2. The van der Waals surface area contributed by atoms with E-state index in [1.165, 1.54) is 6.07 Å². The van der Waals surface area contributed by atoms with Gasteiger partial charge in [-0.2, -0.15) is 0 Å². The average Bonchev–Trinajstić information content (AvgIpc) is 2.58. The zero-order chi connectivity index (χ0) is 14.7. The predicted octanol–water partition coefficient (Wildman–Crippen LogP) is 2.01. The Morgan fingerprint density at radius 1 is 1.40 bits per heavy atom. The molecule has 2 unspecified atom stereocenters. The van der Waals surface area contributed by atoms with E-state index in [2.05, 4.69) is 5.32 Å². The van der Waals surface area contributed by atoms with Crippen LogP contribution in [0, 0.1) is 5.82 Å². The standard InChI is InChI=1S/C15H19FN2O2/c1-3-13-15(20)18(9-8-14(19)17-13)10(2)11-6-4-5-7-12(11)16/h4-7,10,13H,3,8-9H2,1-2H3,(H,17,19). The van der Waals surface area contributed by atoms with Gasteiger partial charge in [0, 0.05) is 18.5 Å². The summed E-state index contributed by atoms with van der Waals surface area (Å²) in [6.45, 7) is 3.95. The molecule has 0 radical (unpaired) electrons. The third-order valence-electron chi connectivity index (χ3n) is 3.73. The molecule has 0 bridgehead atoms. The van der Waals surface area contributed by atoms with E-state index >= 15 is 0 Å². The normalized spacial score (nSPS) is 21.4.